The third-order valence-electron chi connectivity index (χ3n) is 4.40. The summed E-state index contributed by atoms with van der Waals surface area (Å²) in [6.07, 6.45) is 5.14. The van der Waals surface area contributed by atoms with E-state index in [2.05, 4.69) is 35.9 Å². The maximum atomic E-state index is 8.95. The van der Waals surface area contributed by atoms with E-state index in [1.165, 1.54) is 0 Å². The molecule has 27 heavy (non-hydrogen) atoms. The molecule has 0 spiro atoms. The number of nitriles is 1. The van der Waals surface area contributed by atoms with E-state index in [1.807, 2.05) is 25.3 Å². The van der Waals surface area contributed by atoms with Crippen molar-refractivity contribution in [1.82, 2.24) is 24.7 Å². The van der Waals surface area contributed by atoms with Gasteiger partial charge in [-0.25, -0.2) is 19.6 Å². The molecule has 0 aromatic carbocycles. The standard InChI is InChI=1S/C18H17ClN8/c1-13-23-16(10-17(24-13)27-4-2-3-22-27)25-5-7-26(8-6-25)18-15(19)9-14(11-20)12-21-18/h2-4,9-10,12H,5-8H2,1H3. The molecule has 136 valence electrons. The van der Waals surface area contributed by atoms with Crippen LogP contribution in [0.15, 0.2) is 36.8 Å². The van der Waals surface area contributed by atoms with Crippen molar-refractivity contribution in [3.05, 3.63) is 53.2 Å². The van der Waals surface area contributed by atoms with Crippen molar-refractivity contribution in [2.75, 3.05) is 36.0 Å². The fraction of sp³-hybridized carbons (Fsp3) is 0.278. The summed E-state index contributed by atoms with van der Waals surface area (Å²) in [5.74, 6) is 3.05. The van der Waals surface area contributed by atoms with Crippen LogP contribution in [0.3, 0.4) is 0 Å². The third kappa shape index (κ3) is 3.55. The normalized spacial score (nSPS) is 14.3. The minimum absolute atomic E-state index is 0.463. The largest absolute Gasteiger partial charge is 0.353 e. The van der Waals surface area contributed by atoms with Crippen LogP contribution in [-0.4, -0.2) is 50.9 Å². The molecule has 0 aliphatic carbocycles. The molecule has 1 aliphatic rings. The molecule has 0 bridgehead atoms. The van der Waals surface area contributed by atoms with Crippen molar-refractivity contribution in [3.63, 3.8) is 0 Å². The van der Waals surface area contributed by atoms with Crippen molar-refractivity contribution in [1.29, 1.82) is 5.26 Å². The number of anilines is 2. The zero-order valence-electron chi connectivity index (χ0n) is 14.7. The average Bonchev–Trinajstić information content (AvgIpc) is 3.22. The highest BCUT2D eigenvalue weighted by Crippen LogP contribution is 2.26. The number of aryl methyl sites for hydroxylation is 1. The van der Waals surface area contributed by atoms with Crippen molar-refractivity contribution < 1.29 is 0 Å². The molecule has 1 fully saturated rings. The number of pyridine rings is 1. The quantitative estimate of drug-likeness (QED) is 0.688. The van der Waals surface area contributed by atoms with Crippen molar-refractivity contribution in [2.45, 2.75) is 6.92 Å². The Morgan fingerprint density at radius 3 is 2.48 bits per heavy atom. The molecule has 0 saturated carbocycles. The summed E-state index contributed by atoms with van der Waals surface area (Å²) in [5.41, 5.74) is 0.463. The topological polar surface area (TPSA) is 86.8 Å². The fourth-order valence-electron chi connectivity index (χ4n) is 3.09. The maximum Gasteiger partial charge on any atom is 0.159 e. The SMILES string of the molecule is Cc1nc(N2CCN(c3ncc(C#N)cc3Cl)CC2)cc(-n2cccn2)n1. The summed E-state index contributed by atoms with van der Waals surface area (Å²) in [6.45, 7) is 4.98. The van der Waals surface area contributed by atoms with Gasteiger partial charge in [0.1, 0.15) is 23.5 Å². The first-order valence-corrected chi connectivity index (χ1v) is 8.93. The lowest BCUT2D eigenvalue weighted by molar-refractivity contribution is 0.639. The molecule has 0 radical (unpaired) electrons. The lowest BCUT2D eigenvalue weighted by Gasteiger charge is -2.36. The smallest absolute Gasteiger partial charge is 0.159 e. The summed E-state index contributed by atoms with van der Waals surface area (Å²) < 4.78 is 1.73. The molecule has 4 rings (SSSR count). The van der Waals surface area contributed by atoms with Crippen LogP contribution >= 0.6 is 11.6 Å². The van der Waals surface area contributed by atoms with Gasteiger partial charge in [0.05, 0.1) is 10.6 Å². The fourth-order valence-corrected chi connectivity index (χ4v) is 3.38. The van der Waals surface area contributed by atoms with E-state index in [9.17, 15) is 0 Å². The highest BCUT2D eigenvalue weighted by molar-refractivity contribution is 6.33. The van der Waals surface area contributed by atoms with E-state index < -0.39 is 0 Å². The molecular formula is C18H17ClN8. The van der Waals surface area contributed by atoms with Gasteiger partial charge >= 0.3 is 0 Å². The van der Waals surface area contributed by atoms with Crippen molar-refractivity contribution in [2.24, 2.45) is 0 Å². The summed E-state index contributed by atoms with van der Waals surface area (Å²) in [4.78, 5) is 17.7. The number of piperazine rings is 1. The Labute approximate surface area is 161 Å². The van der Waals surface area contributed by atoms with Crippen molar-refractivity contribution in [3.8, 4) is 11.9 Å². The molecule has 0 unspecified atom stereocenters. The second-order valence-corrected chi connectivity index (χ2v) is 6.60. The van der Waals surface area contributed by atoms with Crippen LogP contribution in [0.1, 0.15) is 11.4 Å². The van der Waals surface area contributed by atoms with Gasteiger partial charge in [-0.05, 0) is 19.1 Å². The van der Waals surface area contributed by atoms with Crippen molar-refractivity contribution >= 4 is 23.2 Å². The van der Waals surface area contributed by atoms with E-state index in [-0.39, 0.29) is 0 Å². The lowest BCUT2D eigenvalue weighted by Crippen LogP contribution is -2.47. The molecule has 4 heterocycles. The number of halogens is 1. The van der Waals surface area contributed by atoms with Gasteiger partial charge in [-0.15, -0.1) is 0 Å². The van der Waals surface area contributed by atoms with Gasteiger partial charge < -0.3 is 9.80 Å². The molecule has 3 aromatic heterocycles. The van der Waals surface area contributed by atoms with Crippen LogP contribution in [0, 0.1) is 18.3 Å². The second kappa shape index (κ2) is 7.21. The van der Waals surface area contributed by atoms with E-state index in [4.69, 9.17) is 16.9 Å². The Morgan fingerprint density at radius 1 is 1.07 bits per heavy atom. The molecule has 1 aliphatic heterocycles. The zero-order chi connectivity index (χ0) is 18.8. The molecule has 1 saturated heterocycles. The molecule has 0 N–H and O–H groups in total. The predicted molar refractivity (Wildman–Crippen MR) is 102 cm³/mol. The number of hydrogen-bond acceptors (Lipinski definition) is 7. The van der Waals surface area contributed by atoms with Crippen LogP contribution in [0.2, 0.25) is 5.02 Å². The molecule has 3 aromatic rings. The number of hydrogen-bond donors (Lipinski definition) is 0. The predicted octanol–water partition coefficient (Wildman–Crippen LogP) is 2.22. The summed E-state index contributed by atoms with van der Waals surface area (Å²) in [5, 5.41) is 13.7. The number of nitrogens with zero attached hydrogens (tertiary/aromatic N) is 8. The Morgan fingerprint density at radius 2 is 1.81 bits per heavy atom. The van der Waals surface area contributed by atoms with Crippen LogP contribution in [-0.2, 0) is 0 Å². The summed E-state index contributed by atoms with van der Waals surface area (Å²) in [6, 6.07) is 7.52. The van der Waals surface area contributed by atoms with Crippen LogP contribution in [0.25, 0.3) is 5.82 Å². The van der Waals surface area contributed by atoms with Crippen LogP contribution in [0.5, 0.6) is 0 Å². The Bertz CT molecular complexity index is 987. The second-order valence-electron chi connectivity index (χ2n) is 6.20. The lowest BCUT2D eigenvalue weighted by atomic mass is 10.2. The molecular weight excluding hydrogens is 364 g/mol. The Balaban J connectivity index is 1.51. The maximum absolute atomic E-state index is 8.95. The van der Waals surface area contributed by atoms with Crippen LogP contribution < -0.4 is 9.80 Å². The van der Waals surface area contributed by atoms with Gasteiger partial charge in [-0.1, -0.05) is 11.6 Å². The summed E-state index contributed by atoms with van der Waals surface area (Å²) >= 11 is 6.29. The minimum atomic E-state index is 0.463. The summed E-state index contributed by atoms with van der Waals surface area (Å²) in [7, 11) is 0. The highest BCUT2D eigenvalue weighted by atomic mass is 35.5. The molecule has 8 nitrogen and oxygen atoms in total. The minimum Gasteiger partial charge on any atom is -0.353 e. The number of rotatable bonds is 3. The zero-order valence-corrected chi connectivity index (χ0v) is 15.5. The van der Waals surface area contributed by atoms with Gasteiger partial charge in [-0.3, -0.25) is 0 Å². The van der Waals surface area contributed by atoms with E-state index in [1.54, 1.807) is 23.1 Å². The Hall–Kier alpha value is -3.18. The van der Waals surface area contributed by atoms with E-state index in [0.29, 0.717) is 22.2 Å². The average molecular weight is 381 g/mol. The monoisotopic (exact) mass is 380 g/mol. The molecule has 0 amide bonds. The third-order valence-corrected chi connectivity index (χ3v) is 4.68. The van der Waals surface area contributed by atoms with Gasteiger partial charge in [0.2, 0.25) is 0 Å². The highest BCUT2D eigenvalue weighted by Gasteiger charge is 2.22. The molecule has 9 heteroatoms. The Kier molecular flexibility index (Phi) is 4.60. The first kappa shape index (κ1) is 17.2. The van der Waals surface area contributed by atoms with Gasteiger partial charge in [-0.2, -0.15) is 10.4 Å². The van der Waals surface area contributed by atoms with Crippen LogP contribution in [0.4, 0.5) is 11.6 Å². The first-order valence-electron chi connectivity index (χ1n) is 8.55. The van der Waals surface area contributed by atoms with E-state index >= 15 is 0 Å². The van der Waals surface area contributed by atoms with Gasteiger partial charge in [0, 0.05) is 50.8 Å². The van der Waals surface area contributed by atoms with Gasteiger partial charge in [0.25, 0.3) is 0 Å². The van der Waals surface area contributed by atoms with E-state index in [0.717, 1.165) is 37.8 Å². The van der Waals surface area contributed by atoms with Gasteiger partial charge in [0.15, 0.2) is 5.82 Å². The first-order chi connectivity index (χ1) is 13.1. The number of aromatic nitrogens is 5. The molecule has 0 atom stereocenters.